The van der Waals surface area contributed by atoms with Crippen molar-refractivity contribution in [2.75, 3.05) is 5.32 Å². The summed E-state index contributed by atoms with van der Waals surface area (Å²) >= 11 is 18.8. The number of nitrogens with one attached hydrogen (secondary N) is 2. The molecule has 0 saturated heterocycles. The van der Waals surface area contributed by atoms with E-state index >= 15 is 0 Å². The van der Waals surface area contributed by atoms with Crippen molar-refractivity contribution < 1.29 is 18.4 Å². The first-order chi connectivity index (χ1) is 14.1. The number of hydrogen-bond donors (Lipinski definition) is 2. The number of rotatable bonds is 5. The molecule has 2 amide bonds. The van der Waals surface area contributed by atoms with Gasteiger partial charge >= 0.3 is 0 Å². The molecule has 2 saturated carbocycles. The van der Waals surface area contributed by atoms with Crippen molar-refractivity contribution in [3.63, 3.8) is 0 Å². The van der Waals surface area contributed by atoms with Crippen LogP contribution in [0.3, 0.4) is 0 Å². The molecule has 0 spiro atoms. The highest BCUT2D eigenvalue weighted by Crippen LogP contribution is 2.65. The first-order valence-electron chi connectivity index (χ1n) is 9.30. The van der Waals surface area contributed by atoms with Crippen molar-refractivity contribution in [3.8, 4) is 0 Å². The number of carbonyl (C=O) groups is 2. The quantitative estimate of drug-likeness (QED) is 0.572. The van der Waals surface area contributed by atoms with E-state index in [2.05, 4.69) is 10.6 Å². The topological polar surface area (TPSA) is 58.2 Å². The number of anilines is 1. The molecule has 2 N–H and O–H groups in total. The van der Waals surface area contributed by atoms with E-state index in [0.717, 1.165) is 5.56 Å². The highest BCUT2D eigenvalue weighted by Gasteiger charge is 2.67. The fourth-order valence-corrected chi connectivity index (χ4v) is 4.78. The normalized spacial score (nSPS) is 23.9. The van der Waals surface area contributed by atoms with Crippen LogP contribution >= 0.6 is 34.8 Å². The second-order valence-electron chi connectivity index (χ2n) is 7.66. The Balaban J connectivity index is 1.44. The molecule has 158 valence electrons. The SMILES string of the molecule is O=C(NC1CC(F)(F)C1)c1cc(NC(=O)[C@@H]2[C@@H](c3ccccc3)C2(Cl)Cl)ccc1Cl. The fraction of sp³-hybridized carbons (Fsp3) is 0.333. The minimum atomic E-state index is -2.74. The molecule has 0 unspecified atom stereocenters. The zero-order valence-electron chi connectivity index (χ0n) is 15.5. The Hall–Kier alpha value is -1.89. The molecular weight excluding hydrogens is 457 g/mol. The van der Waals surface area contributed by atoms with Crippen LogP contribution < -0.4 is 10.6 Å². The Bertz CT molecular complexity index is 993. The molecule has 2 aromatic rings. The van der Waals surface area contributed by atoms with Gasteiger partial charge in [0.05, 0.1) is 16.5 Å². The first-order valence-corrected chi connectivity index (χ1v) is 10.4. The molecule has 4 rings (SSSR count). The van der Waals surface area contributed by atoms with Crippen LogP contribution in [0, 0.1) is 5.92 Å². The lowest BCUT2D eigenvalue weighted by atomic mass is 9.88. The summed E-state index contributed by atoms with van der Waals surface area (Å²) in [6.07, 6.45) is -0.800. The fourth-order valence-electron chi connectivity index (χ4n) is 3.75. The van der Waals surface area contributed by atoms with E-state index in [0.29, 0.717) is 5.69 Å². The molecule has 0 radical (unpaired) electrons. The Morgan fingerprint density at radius 3 is 2.33 bits per heavy atom. The number of alkyl halides is 4. The Morgan fingerprint density at radius 1 is 1.03 bits per heavy atom. The van der Waals surface area contributed by atoms with Crippen LogP contribution in [0.1, 0.15) is 34.7 Å². The van der Waals surface area contributed by atoms with Gasteiger partial charge in [-0.15, -0.1) is 23.2 Å². The van der Waals surface area contributed by atoms with Gasteiger partial charge in [-0.3, -0.25) is 9.59 Å². The Morgan fingerprint density at radius 2 is 1.70 bits per heavy atom. The third kappa shape index (κ3) is 4.13. The number of benzene rings is 2. The summed E-state index contributed by atoms with van der Waals surface area (Å²) in [5.41, 5.74) is 1.27. The lowest BCUT2D eigenvalue weighted by Crippen LogP contribution is -2.50. The van der Waals surface area contributed by atoms with Gasteiger partial charge in [0.2, 0.25) is 5.91 Å². The molecular formula is C21H17Cl3F2N2O2. The summed E-state index contributed by atoms with van der Waals surface area (Å²) in [5.74, 6) is -4.71. The van der Waals surface area contributed by atoms with Crippen LogP contribution in [0.15, 0.2) is 48.5 Å². The molecule has 0 heterocycles. The van der Waals surface area contributed by atoms with Gasteiger partial charge in [0.25, 0.3) is 11.8 Å². The maximum absolute atomic E-state index is 13.0. The molecule has 4 nitrogen and oxygen atoms in total. The summed E-state index contributed by atoms with van der Waals surface area (Å²) in [6, 6.07) is 13.0. The van der Waals surface area contributed by atoms with Gasteiger partial charge in [0, 0.05) is 30.5 Å². The molecule has 2 aromatic carbocycles. The molecule has 9 heteroatoms. The summed E-state index contributed by atoms with van der Waals surface area (Å²) in [4.78, 5) is 25.2. The molecule has 2 aliphatic carbocycles. The molecule has 0 bridgehead atoms. The highest BCUT2D eigenvalue weighted by atomic mass is 35.5. The average Bonchev–Trinajstić information content (AvgIpc) is 3.24. The van der Waals surface area contributed by atoms with Gasteiger partial charge in [-0.05, 0) is 23.8 Å². The van der Waals surface area contributed by atoms with Crippen LogP contribution in [0.25, 0.3) is 0 Å². The Labute approximate surface area is 186 Å². The third-order valence-electron chi connectivity index (χ3n) is 5.40. The lowest BCUT2D eigenvalue weighted by molar-refractivity contribution is -0.117. The monoisotopic (exact) mass is 472 g/mol. The summed E-state index contributed by atoms with van der Waals surface area (Å²) in [5, 5.41) is 5.39. The minimum Gasteiger partial charge on any atom is -0.349 e. The van der Waals surface area contributed by atoms with Gasteiger partial charge in [0.1, 0.15) is 4.33 Å². The maximum atomic E-state index is 13.0. The maximum Gasteiger partial charge on any atom is 0.253 e. The van der Waals surface area contributed by atoms with E-state index in [1.54, 1.807) is 6.07 Å². The smallest absolute Gasteiger partial charge is 0.253 e. The third-order valence-corrected chi connectivity index (χ3v) is 6.67. The Kier molecular flexibility index (Phi) is 5.45. The van der Waals surface area contributed by atoms with Crippen LogP contribution in [-0.2, 0) is 4.79 Å². The van der Waals surface area contributed by atoms with Crippen molar-refractivity contribution >= 4 is 52.3 Å². The molecule has 2 aliphatic rings. The average molecular weight is 474 g/mol. The van der Waals surface area contributed by atoms with Gasteiger partial charge in [-0.1, -0.05) is 41.9 Å². The highest BCUT2D eigenvalue weighted by molar-refractivity contribution is 6.53. The molecule has 30 heavy (non-hydrogen) atoms. The zero-order valence-corrected chi connectivity index (χ0v) is 17.7. The lowest BCUT2D eigenvalue weighted by Gasteiger charge is -2.35. The number of hydrogen-bond acceptors (Lipinski definition) is 2. The van der Waals surface area contributed by atoms with E-state index in [-0.39, 0.29) is 22.4 Å². The molecule has 2 atom stereocenters. The minimum absolute atomic E-state index is 0.0862. The molecule has 0 aromatic heterocycles. The second kappa shape index (κ2) is 7.66. The standard InChI is InChI=1S/C21H17Cl3F2N2O2/c22-15-7-6-12(8-14(15)18(29)28-13-9-20(25,26)10-13)27-19(30)17-16(21(17,23)24)11-4-2-1-3-5-11/h1-8,13,16-17H,9-10H2,(H,27,30)(H,28,29)/t16-,17+/m1/s1. The molecule has 0 aliphatic heterocycles. The van der Waals surface area contributed by atoms with Gasteiger partial charge in [0.15, 0.2) is 0 Å². The van der Waals surface area contributed by atoms with E-state index in [9.17, 15) is 18.4 Å². The number of halogens is 5. The van der Waals surface area contributed by atoms with E-state index in [1.807, 2.05) is 30.3 Å². The predicted molar refractivity (Wildman–Crippen MR) is 113 cm³/mol. The zero-order chi connectivity index (χ0) is 21.7. The van der Waals surface area contributed by atoms with Gasteiger partial charge < -0.3 is 10.6 Å². The van der Waals surface area contributed by atoms with Gasteiger partial charge in [-0.2, -0.15) is 0 Å². The van der Waals surface area contributed by atoms with Crippen LogP contribution in [0.5, 0.6) is 0 Å². The van der Waals surface area contributed by atoms with E-state index < -0.39 is 41.0 Å². The van der Waals surface area contributed by atoms with Crippen molar-refractivity contribution in [2.24, 2.45) is 5.92 Å². The summed E-state index contributed by atoms with van der Waals surface area (Å²) < 4.78 is 24.7. The molecule has 2 fully saturated rings. The van der Waals surface area contributed by atoms with Gasteiger partial charge in [-0.25, -0.2) is 8.78 Å². The largest absolute Gasteiger partial charge is 0.349 e. The van der Waals surface area contributed by atoms with Crippen LogP contribution in [0.4, 0.5) is 14.5 Å². The van der Waals surface area contributed by atoms with Crippen molar-refractivity contribution in [2.45, 2.75) is 35.1 Å². The second-order valence-corrected chi connectivity index (χ2v) is 9.51. The summed E-state index contributed by atoms with van der Waals surface area (Å²) in [7, 11) is 0. The number of amides is 2. The van der Waals surface area contributed by atoms with Crippen molar-refractivity contribution in [3.05, 3.63) is 64.7 Å². The van der Waals surface area contributed by atoms with Crippen molar-refractivity contribution in [1.82, 2.24) is 5.32 Å². The van der Waals surface area contributed by atoms with Crippen molar-refractivity contribution in [1.29, 1.82) is 0 Å². The van der Waals surface area contributed by atoms with E-state index in [4.69, 9.17) is 34.8 Å². The summed E-state index contributed by atoms with van der Waals surface area (Å²) in [6.45, 7) is 0. The predicted octanol–water partition coefficient (Wildman–Crippen LogP) is 5.39. The first kappa shape index (κ1) is 21.3. The number of carbonyl (C=O) groups excluding carboxylic acids is 2. The van der Waals surface area contributed by atoms with E-state index in [1.165, 1.54) is 12.1 Å². The van der Waals surface area contributed by atoms with Crippen LogP contribution in [0.2, 0.25) is 5.02 Å². The van der Waals surface area contributed by atoms with Crippen LogP contribution in [-0.4, -0.2) is 28.1 Å².